The number of ether oxygens (including phenoxy) is 1. The van der Waals surface area contributed by atoms with Crippen molar-refractivity contribution in [1.29, 1.82) is 0 Å². The van der Waals surface area contributed by atoms with Crippen molar-refractivity contribution in [2.24, 2.45) is 0 Å². The summed E-state index contributed by atoms with van der Waals surface area (Å²) in [6.07, 6.45) is 0. The lowest BCUT2D eigenvalue weighted by Gasteiger charge is -2.29. The first kappa shape index (κ1) is 15.6. The van der Waals surface area contributed by atoms with Crippen LogP contribution in [0.1, 0.15) is 10.4 Å². The van der Waals surface area contributed by atoms with Crippen LogP contribution in [0.5, 0.6) is 11.5 Å². The van der Waals surface area contributed by atoms with Crippen LogP contribution in [0.3, 0.4) is 0 Å². The average Bonchev–Trinajstić information content (AvgIpc) is 2.52. The van der Waals surface area contributed by atoms with Crippen LogP contribution in [0, 0.1) is 0 Å². The molecule has 1 saturated heterocycles. The normalized spacial score (nSPS) is 15.7. The molecule has 0 aliphatic carbocycles. The van der Waals surface area contributed by atoms with Gasteiger partial charge in [-0.25, -0.2) is 0 Å². The third-order valence-electron chi connectivity index (χ3n) is 3.74. The number of nitrogens with zero attached hydrogens (tertiary/aromatic N) is 2. The van der Waals surface area contributed by atoms with E-state index in [2.05, 4.69) is 10.2 Å². The topological polar surface area (TPSA) is 65.0 Å². The maximum atomic E-state index is 12.3. The van der Waals surface area contributed by atoms with Gasteiger partial charge in [-0.3, -0.25) is 9.69 Å². The number of rotatable bonds is 5. The predicted molar refractivity (Wildman–Crippen MR) is 80.9 cm³/mol. The number of amides is 1. The van der Waals surface area contributed by atoms with Gasteiger partial charge in [0.15, 0.2) is 0 Å². The first-order valence-electron chi connectivity index (χ1n) is 7.17. The van der Waals surface area contributed by atoms with E-state index < -0.39 is 0 Å². The molecule has 2 N–H and O–H groups in total. The van der Waals surface area contributed by atoms with Crippen LogP contribution in [-0.4, -0.2) is 74.2 Å². The Kier molecular flexibility index (Phi) is 5.41. The number of hydrogen-bond donors (Lipinski definition) is 2. The zero-order valence-corrected chi connectivity index (χ0v) is 12.6. The number of benzene rings is 1. The van der Waals surface area contributed by atoms with Crippen molar-refractivity contribution < 1.29 is 14.6 Å². The highest BCUT2D eigenvalue weighted by Crippen LogP contribution is 2.24. The summed E-state index contributed by atoms with van der Waals surface area (Å²) in [7, 11) is 3.28. The van der Waals surface area contributed by atoms with Gasteiger partial charge in [-0.1, -0.05) is 0 Å². The van der Waals surface area contributed by atoms with E-state index in [0.717, 1.165) is 32.7 Å². The Morgan fingerprint density at radius 3 is 2.76 bits per heavy atom. The minimum atomic E-state index is -0.176. The number of phenols is 1. The number of hydrogen-bond acceptors (Lipinski definition) is 5. The van der Waals surface area contributed by atoms with Crippen molar-refractivity contribution in [2.45, 2.75) is 0 Å². The van der Waals surface area contributed by atoms with E-state index in [1.807, 2.05) is 0 Å². The summed E-state index contributed by atoms with van der Waals surface area (Å²) >= 11 is 0. The number of carbonyl (C=O) groups excluding carboxylic acids is 1. The first-order valence-corrected chi connectivity index (χ1v) is 7.17. The highest BCUT2D eigenvalue weighted by Gasteiger charge is 2.17. The first-order chi connectivity index (χ1) is 10.1. The molecule has 1 fully saturated rings. The summed E-state index contributed by atoms with van der Waals surface area (Å²) < 4.78 is 5.02. The monoisotopic (exact) mass is 293 g/mol. The molecule has 116 valence electrons. The second-order valence-electron chi connectivity index (χ2n) is 5.20. The van der Waals surface area contributed by atoms with Crippen LogP contribution in [-0.2, 0) is 0 Å². The van der Waals surface area contributed by atoms with Gasteiger partial charge >= 0.3 is 0 Å². The summed E-state index contributed by atoms with van der Waals surface area (Å²) in [5, 5.41) is 13.2. The van der Waals surface area contributed by atoms with E-state index in [1.165, 1.54) is 13.2 Å². The molecule has 1 aromatic rings. The highest BCUT2D eigenvalue weighted by atomic mass is 16.5. The van der Waals surface area contributed by atoms with Gasteiger partial charge in [0.05, 0.1) is 12.7 Å². The van der Waals surface area contributed by atoms with Crippen molar-refractivity contribution in [3.63, 3.8) is 0 Å². The molecule has 1 amide bonds. The van der Waals surface area contributed by atoms with Gasteiger partial charge in [0.2, 0.25) is 0 Å². The van der Waals surface area contributed by atoms with Gasteiger partial charge < -0.3 is 20.1 Å². The molecule has 1 aromatic carbocycles. The highest BCUT2D eigenvalue weighted by molar-refractivity contribution is 5.96. The fourth-order valence-electron chi connectivity index (χ4n) is 2.35. The molecular weight excluding hydrogens is 270 g/mol. The summed E-state index contributed by atoms with van der Waals surface area (Å²) in [6, 6.07) is 4.73. The van der Waals surface area contributed by atoms with Crippen LogP contribution in [0.4, 0.5) is 0 Å². The minimum absolute atomic E-state index is 0.0478. The molecule has 6 heteroatoms. The molecule has 6 nitrogen and oxygen atoms in total. The van der Waals surface area contributed by atoms with Crippen molar-refractivity contribution in [3.05, 3.63) is 23.8 Å². The van der Waals surface area contributed by atoms with E-state index in [1.54, 1.807) is 24.1 Å². The number of nitrogens with one attached hydrogen (secondary N) is 1. The van der Waals surface area contributed by atoms with Gasteiger partial charge in [-0.2, -0.15) is 0 Å². The summed E-state index contributed by atoms with van der Waals surface area (Å²) in [6.45, 7) is 5.50. The van der Waals surface area contributed by atoms with Crippen molar-refractivity contribution in [3.8, 4) is 11.5 Å². The second kappa shape index (κ2) is 7.28. The lowest BCUT2D eigenvalue weighted by molar-refractivity contribution is 0.0772. The molecule has 0 aromatic heterocycles. The lowest BCUT2D eigenvalue weighted by Crippen LogP contribution is -2.46. The fraction of sp³-hybridized carbons (Fsp3) is 0.533. The van der Waals surface area contributed by atoms with Crippen molar-refractivity contribution in [2.75, 3.05) is 53.4 Å². The van der Waals surface area contributed by atoms with Gasteiger partial charge in [0, 0.05) is 52.4 Å². The summed E-state index contributed by atoms with van der Waals surface area (Å²) in [5.41, 5.74) is 0.304. The molecule has 0 unspecified atom stereocenters. The number of aromatic hydroxyl groups is 1. The Morgan fingerprint density at radius 2 is 2.14 bits per heavy atom. The van der Waals surface area contributed by atoms with E-state index in [0.29, 0.717) is 17.9 Å². The van der Waals surface area contributed by atoms with E-state index >= 15 is 0 Å². The quantitative estimate of drug-likeness (QED) is 0.821. The van der Waals surface area contributed by atoms with Crippen LogP contribution < -0.4 is 10.1 Å². The third kappa shape index (κ3) is 4.09. The molecule has 0 bridgehead atoms. The van der Waals surface area contributed by atoms with E-state index in [4.69, 9.17) is 4.74 Å². The standard InChI is InChI=1S/C15H23N3O3/c1-17(9-10-18-7-5-16-6-8-18)15(20)13-4-3-12(21-2)11-14(13)19/h3-4,11,16,19H,5-10H2,1-2H3. The van der Waals surface area contributed by atoms with Crippen LogP contribution in [0.2, 0.25) is 0 Å². The largest absolute Gasteiger partial charge is 0.507 e. The minimum Gasteiger partial charge on any atom is -0.507 e. The third-order valence-corrected chi connectivity index (χ3v) is 3.74. The van der Waals surface area contributed by atoms with Gasteiger partial charge in [0.1, 0.15) is 11.5 Å². The molecule has 0 atom stereocenters. The smallest absolute Gasteiger partial charge is 0.257 e. The summed E-state index contributed by atoms with van der Waals surface area (Å²) in [4.78, 5) is 16.3. The Hall–Kier alpha value is -1.79. The molecule has 0 spiro atoms. The molecular formula is C15H23N3O3. The summed E-state index contributed by atoms with van der Waals surface area (Å²) in [5.74, 6) is 0.311. The van der Waals surface area contributed by atoms with Gasteiger partial charge in [-0.15, -0.1) is 0 Å². The number of methoxy groups -OCH3 is 1. The molecule has 0 saturated carbocycles. The number of phenolic OH excluding ortho intramolecular Hbond substituents is 1. The SMILES string of the molecule is COc1ccc(C(=O)N(C)CCN2CCNCC2)c(O)c1. The second-order valence-corrected chi connectivity index (χ2v) is 5.20. The maximum Gasteiger partial charge on any atom is 0.257 e. The average molecular weight is 293 g/mol. The molecule has 1 aliphatic heterocycles. The van der Waals surface area contributed by atoms with Gasteiger partial charge in [-0.05, 0) is 12.1 Å². The molecule has 2 rings (SSSR count). The zero-order valence-electron chi connectivity index (χ0n) is 12.6. The lowest BCUT2D eigenvalue weighted by atomic mass is 10.1. The zero-order chi connectivity index (χ0) is 15.2. The predicted octanol–water partition coefficient (Wildman–Crippen LogP) is 0.378. The molecule has 0 radical (unpaired) electrons. The molecule has 1 heterocycles. The van der Waals surface area contributed by atoms with E-state index in [9.17, 15) is 9.90 Å². The van der Waals surface area contributed by atoms with Crippen LogP contribution in [0.15, 0.2) is 18.2 Å². The Bertz CT molecular complexity index is 487. The number of piperazine rings is 1. The Balaban J connectivity index is 1.92. The van der Waals surface area contributed by atoms with Crippen molar-refractivity contribution >= 4 is 5.91 Å². The Labute approximate surface area is 125 Å². The Morgan fingerprint density at radius 1 is 1.43 bits per heavy atom. The fourth-order valence-corrected chi connectivity index (χ4v) is 2.35. The van der Waals surface area contributed by atoms with Crippen LogP contribution in [0.25, 0.3) is 0 Å². The molecule has 1 aliphatic rings. The molecule has 21 heavy (non-hydrogen) atoms. The van der Waals surface area contributed by atoms with E-state index in [-0.39, 0.29) is 11.7 Å². The van der Waals surface area contributed by atoms with Gasteiger partial charge in [0.25, 0.3) is 5.91 Å². The number of carbonyl (C=O) groups is 1. The number of likely N-dealkylation sites (N-methyl/N-ethyl adjacent to an activating group) is 1. The van der Waals surface area contributed by atoms with Crippen molar-refractivity contribution in [1.82, 2.24) is 15.1 Å². The maximum absolute atomic E-state index is 12.3. The van der Waals surface area contributed by atoms with Crippen LogP contribution >= 0.6 is 0 Å².